The van der Waals surface area contributed by atoms with Crippen molar-refractivity contribution in [2.45, 2.75) is 19.5 Å². The molecule has 2 heterocycles. The minimum atomic E-state index is 0.0840. The Labute approximate surface area is 83.0 Å². The summed E-state index contributed by atoms with van der Waals surface area (Å²) in [4.78, 5) is 4.23. The minimum Gasteiger partial charge on any atom is -0.323 e. The molecule has 0 radical (unpaired) electrons. The van der Waals surface area contributed by atoms with Crippen LogP contribution < -0.4 is 11.1 Å². The van der Waals surface area contributed by atoms with Crippen LogP contribution in [0.1, 0.15) is 12.7 Å². The lowest BCUT2D eigenvalue weighted by Gasteiger charge is -2.18. The molecule has 1 unspecified atom stereocenters. The molecule has 14 heavy (non-hydrogen) atoms. The van der Waals surface area contributed by atoms with E-state index in [0.29, 0.717) is 0 Å². The van der Waals surface area contributed by atoms with E-state index in [1.165, 1.54) is 0 Å². The molecular weight excluding hydrogens is 178 g/mol. The topological polar surface area (TPSA) is 68.8 Å². The molecule has 2 rings (SSSR count). The highest BCUT2D eigenvalue weighted by Gasteiger charge is 2.14. The van der Waals surface area contributed by atoms with Gasteiger partial charge >= 0.3 is 0 Å². The predicted octanol–water partition coefficient (Wildman–Crippen LogP) is -0.388. The first-order valence-electron chi connectivity index (χ1n) is 4.86. The van der Waals surface area contributed by atoms with Crippen LogP contribution in [-0.2, 0) is 6.54 Å². The third-order valence-electron chi connectivity index (χ3n) is 2.31. The molecule has 5 nitrogen and oxygen atoms in total. The highest BCUT2D eigenvalue weighted by atomic mass is 15.3. The van der Waals surface area contributed by atoms with Gasteiger partial charge in [-0.25, -0.2) is 9.67 Å². The molecule has 1 aliphatic heterocycles. The summed E-state index contributed by atoms with van der Waals surface area (Å²) in [7, 11) is 0. The van der Waals surface area contributed by atoms with Gasteiger partial charge in [-0.05, 0) is 6.92 Å². The van der Waals surface area contributed by atoms with Crippen molar-refractivity contribution >= 4 is 5.57 Å². The lowest BCUT2D eigenvalue weighted by atomic mass is 10.1. The van der Waals surface area contributed by atoms with Gasteiger partial charge in [-0.2, -0.15) is 5.10 Å². The van der Waals surface area contributed by atoms with Crippen LogP contribution in [0, 0.1) is 0 Å². The number of aryl methyl sites for hydroxylation is 1. The van der Waals surface area contributed by atoms with Gasteiger partial charge < -0.3 is 11.1 Å². The third kappa shape index (κ3) is 1.69. The quantitative estimate of drug-likeness (QED) is 0.671. The summed E-state index contributed by atoms with van der Waals surface area (Å²) in [6.45, 7) is 4.55. The smallest absolute Gasteiger partial charge is 0.154 e. The van der Waals surface area contributed by atoms with E-state index in [0.717, 1.165) is 31.0 Å². The summed E-state index contributed by atoms with van der Waals surface area (Å²) in [5, 5.41) is 7.38. The van der Waals surface area contributed by atoms with Gasteiger partial charge in [-0.3, -0.25) is 0 Å². The Kier molecular flexibility index (Phi) is 2.60. The summed E-state index contributed by atoms with van der Waals surface area (Å²) in [5.74, 6) is 0.926. The van der Waals surface area contributed by atoms with Gasteiger partial charge in [-0.15, -0.1) is 0 Å². The molecular formula is C9H15N5. The summed E-state index contributed by atoms with van der Waals surface area (Å²) in [6, 6.07) is 0.0840. The first-order valence-corrected chi connectivity index (χ1v) is 4.86. The molecule has 0 aliphatic carbocycles. The van der Waals surface area contributed by atoms with Gasteiger partial charge in [0.15, 0.2) is 5.82 Å². The van der Waals surface area contributed by atoms with E-state index in [2.05, 4.69) is 28.4 Å². The van der Waals surface area contributed by atoms with Crippen LogP contribution in [0.15, 0.2) is 12.4 Å². The zero-order valence-corrected chi connectivity index (χ0v) is 8.27. The Balaban J connectivity index is 2.29. The summed E-state index contributed by atoms with van der Waals surface area (Å²) in [6.07, 6.45) is 3.65. The average molecular weight is 193 g/mol. The molecule has 76 valence electrons. The van der Waals surface area contributed by atoms with Crippen LogP contribution in [0.25, 0.3) is 5.57 Å². The summed E-state index contributed by atoms with van der Waals surface area (Å²) in [5.41, 5.74) is 6.97. The van der Waals surface area contributed by atoms with Gasteiger partial charge in [0.25, 0.3) is 0 Å². The maximum Gasteiger partial charge on any atom is 0.154 e. The van der Waals surface area contributed by atoms with E-state index in [1.807, 2.05) is 4.68 Å². The van der Waals surface area contributed by atoms with Crippen molar-refractivity contribution in [1.82, 2.24) is 20.1 Å². The fraction of sp³-hybridized carbons (Fsp3) is 0.556. The highest BCUT2D eigenvalue weighted by Crippen LogP contribution is 2.13. The van der Waals surface area contributed by atoms with Crippen molar-refractivity contribution in [2.75, 3.05) is 13.1 Å². The van der Waals surface area contributed by atoms with Crippen molar-refractivity contribution in [1.29, 1.82) is 0 Å². The largest absolute Gasteiger partial charge is 0.323 e. The van der Waals surface area contributed by atoms with E-state index < -0.39 is 0 Å². The van der Waals surface area contributed by atoms with E-state index >= 15 is 0 Å². The van der Waals surface area contributed by atoms with Gasteiger partial charge in [0, 0.05) is 31.2 Å². The molecule has 5 heteroatoms. The minimum absolute atomic E-state index is 0.0840. The second kappa shape index (κ2) is 3.89. The monoisotopic (exact) mass is 193 g/mol. The Bertz CT molecular complexity index is 341. The van der Waals surface area contributed by atoms with Crippen LogP contribution in [0.2, 0.25) is 0 Å². The normalized spacial score (nSPS) is 22.1. The van der Waals surface area contributed by atoms with E-state index in [-0.39, 0.29) is 6.04 Å². The summed E-state index contributed by atoms with van der Waals surface area (Å²) >= 11 is 0. The molecule has 1 aliphatic rings. The van der Waals surface area contributed by atoms with E-state index in [1.54, 1.807) is 6.33 Å². The molecule has 0 spiro atoms. The molecule has 0 bridgehead atoms. The molecule has 0 saturated carbocycles. The number of aromatic nitrogens is 3. The predicted molar refractivity (Wildman–Crippen MR) is 54.5 cm³/mol. The molecule has 1 aromatic rings. The maximum atomic E-state index is 5.83. The lowest BCUT2D eigenvalue weighted by molar-refractivity contribution is 0.626. The van der Waals surface area contributed by atoms with Gasteiger partial charge in [-0.1, -0.05) is 6.08 Å². The number of hydrogen-bond acceptors (Lipinski definition) is 4. The second-order valence-electron chi connectivity index (χ2n) is 3.39. The Hall–Kier alpha value is -1.20. The molecule has 0 fully saturated rings. The number of nitrogens with one attached hydrogen (secondary N) is 1. The van der Waals surface area contributed by atoms with Crippen LogP contribution >= 0.6 is 0 Å². The van der Waals surface area contributed by atoms with Crippen LogP contribution in [0.5, 0.6) is 0 Å². The Morgan fingerprint density at radius 2 is 2.57 bits per heavy atom. The number of rotatable bonds is 2. The molecule has 1 atom stereocenters. The van der Waals surface area contributed by atoms with Crippen molar-refractivity contribution in [3.63, 3.8) is 0 Å². The van der Waals surface area contributed by atoms with Gasteiger partial charge in [0.2, 0.25) is 0 Å². The first kappa shape index (κ1) is 9.36. The number of nitrogens with zero attached hydrogens (tertiary/aromatic N) is 3. The molecule has 0 aromatic carbocycles. The molecule has 1 aromatic heterocycles. The zero-order valence-electron chi connectivity index (χ0n) is 8.27. The van der Waals surface area contributed by atoms with Crippen LogP contribution in [0.4, 0.5) is 0 Å². The van der Waals surface area contributed by atoms with Crippen LogP contribution in [-0.4, -0.2) is 33.9 Å². The molecule has 0 amide bonds. The van der Waals surface area contributed by atoms with Crippen LogP contribution in [0.3, 0.4) is 0 Å². The Morgan fingerprint density at radius 1 is 1.71 bits per heavy atom. The van der Waals surface area contributed by atoms with Crippen molar-refractivity contribution < 1.29 is 0 Å². The van der Waals surface area contributed by atoms with Crippen molar-refractivity contribution in [2.24, 2.45) is 5.73 Å². The number of hydrogen-bond donors (Lipinski definition) is 2. The second-order valence-corrected chi connectivity index (χ2v) is 3.39. The van der Waals surface area contributed by atoms with Gasteiger partial charge in [0.05, 0.1) is 0 Å². The molecule has 3 N–H and O–H groups in total. The standard InChI is InChI=1S/C9H15N5/c1-2-14-9(12-6-13-14)7-3-8(10)5-11-4-7/h3,6,8,11H,2,4-5,10H2,1H3. The fourth-order valence-corrected chi connectivity index (χ4v) is 1.65. The zero-order chi connectivity index (χ0) is 9.97. The van der Waals surface area contributed by atoms with Gasteiger partial charge in [0.1, 0.15) is 6.33 Å². The highest BCUT2D eigenvalue weighted by molar-refractivity contribution is 5.63. The maximum absolute atomic E-state index is 5.83. The first-order chi connectivity index (χ1) is 6.81. The Morgan fingerprint density at radius 3 is 3.29 bits per heavy atom. The van der Waals surface area contributed by atoms with E-state index in [9.17, 15) is 0 Å². The average Bonchev–Trinajstić information content (AvgIpc) is 2.65. The molecule has 0 saturated heterocycles. The van der Waals surface area contributed by atoms with Crippen molar-refractivity contribution in [3.8, 4) is 0 Å². The SMILES string of the molecule is CCn1ncnc1C1=CC(N)CNC1. The number of nitrogens with two attached hydrogens (primary N) is 1. The fourth-order valence-electron chi connectivity index (χ4n) is 1.65. The summed E-state index contributed by atoms with van der Waals surface area (Å²) < 4.78 is 1.88. The lowest BCUT2D eigenvalue weighted by Crippen LogP contribution is -2.37. The van der Waals surface area contributed by atoms with Crippen molar-refractivity contribution in [3.05, 3.63) is 18.2 Å². The third-order valence-corrected chi connectivity index (χ3v) is 2.31. The van der Waals surface area contributed by atoms with E-state index in [4.69, 9.17) is 5.73 Å².